The van der Waals surface area contributed by atoms with Crippen LogP contribution in [0.2, 0.25) is 0 Å². The monoisotopic (exact) mass is 269 g/mol. The van der Waals surface area contributed by atoms with Crippen molar-refractivity contribution in [3.05, 3.63) is 41.6 Å². The van der Waals surface area contributed by atoms with E-state index in [1.165, 1.54) is 0 Å². The van der Waals surface area contributed by atoms with Crippen LogP contribution >= 0.6 is 0 Å². The molecule has 3 aromatic rings. The van der Waals surface area contributed by atoms with Gasteiger partial charge in [-0.05, 0) is 32.9 Å². The van der Waals surface area contributed by atoms with Crippen molar-refractivity contribution in [1.82, 2.24) is 24.6 Å². The van der Waals surface area contributed by atoms with Crippen LogP contribution in [0.4, 0.5) is 0 Å². The van der Waals surface area contributed by atoms with Gasteiger partial charge >= 0.3 is 0 Å². The third-order valence-corrected chi connectivity index (χ3v) is 3.05. The fourth-order valence-electron chi connectivity index (χ4n) is 1.83. The second-order valence-electron chi connectivity index (χ2n) is 4.35. The number of rotatable bonds is 1. The molecule has 0 fully saturated rings. The van der Waals surface area contributed by atoms with Gasteiger partial charge in [0.15, 0.2) is 5.82 Å². The zero-order valence-electron chi connectivity index (χ0n) is 12.5. The van der Waals surface area contributed by atoms with Gasteiger partial charge in [0.2, 0.25) is 0 Å². The van der Waals surface area contributed by atoms with Gasteiger partial charge in [-0.25, -0.2) is 9.97 Å². The van der Waals surface area contributed by atoms with Gasteiger partial charge in [0.25, 0.3) is 0 Å². The minimum atomic E-state index is 0.640. The topological polar surface area (TPSA) is 56.0 Å². The smallest absolute Gasteiger partial charge is 0.182 e. The Labute approximate surface area is 118 Å². The number of hydrogen-bond donors (Lipinski definition) is 0. The molecule has 0 N–H and O–H groups in total. The number of pyridine rings is 1. The quantitative estimate of drug-likeness (QED) is 0.681. The van der Waals surface area contributed by atoms with Gasteiger partial charge in [0, 0.05) is 23.7 Å². The van der Waals surface area contributed by atoms with Crippen LogP contribution < -0.4 is 0 Å². The highest BCUT2D eigenvalue weighted by Crippen LogP contribution is 2.17. The molecule has 3 aromatic heterocycles. The Balaban J connectivity index is 0.000000704. The van der Waals surface area contributed by atoms with Crippen molar-refractivity contribution >= 4 is 5.65 Å². The molecule has 0 aliphatic carbocycles. The van der Waals surface area contributed by atoms with E-state index in [0.29, 0.717) is 5.82 Å². The Morgan fingerprint density at radius 2 is 1.75 bits per heavy atom. The molecule has 0 radical (unpaired) electrons. The first kappa shape index (κ1) is 14.1. The van der Waals surface area contributed by atoms with E-state index in [4.69, 9.17) is 0 Å². The maximum atomic E-state index is 4.45. The molecule has 0 atom stereocenters. The molecule has 104 valence electrons. The summed E-state index contributed by atoms with van der Waals surface area (Å²) < 4.78 is 2.03. The summed E-state index contributed by atoms with van der Waals surface area (Å²) in [5, 5.41) is 8.23. The van der Waals surface area contributed by atoms with Gasteiger partial charge in [-0.3, -0.25) is 0 Å². The van der Waals surface area contributed by atoms with Crippen LogP contribution in [0, 0.1) is 20.8 Å². The van der Waals surface area contributed by atoms with Gasteiger partial charge in [0.05, 0.1) is 11.4 Å². The molecule has 0 aromatic carbocycles. The number of nitrogens with zero attached hydrogens (tertiary/aromatic N) is 5. The molecule has 5 heteroatoms. The van der Waals surface area contributed by atoms with E-state index in [2.05, 4.69) is 20.2 Å². The standard InChI is InChI=1S/C13H13N5.C2H6/c1-8-7-14-12-6-11(4-5-18(8)12)13-15-9(2)10(3)16-17-13;1-2/h4-7H,1-3H3;1-2H3. The summed E-state index contributed by atoms with van der Waals surface area (Å²) in [6, 6.07) is 3.95. The molecule has 3 heterocycles. The molecule has 0 unspecified atom stereocenters. The lowest BCUT2D eigenvalue weighted by atomic mass is 10.2. The predicted octanol–water partition coefficient (Wildman–Crippen LogP) is 3.14. The molecular formula is C15H19N5. The number of hydrogen-bond acceptors (Lipinski definition) is 4. The summed E-state index contributed by atoms with van der Waals surface area (Å²) in [6.45, 7) is 9.86. The van der Waals surface area contributed by atoms with Gasteiger partial charge in [0.1, 0.15) is 5.65 Å². The van der Waals surface area contributed by atoms with Crippen molar-refractivity contribution in [3.8, 4) is 11.4 Å². The van der Waals surface area contributed by atoms with Crippen molar-refractivity contribution in [2.24, 2.45) is 0 Å². The molecule has 3 rings (SSSR count). The summed E-state index contributed by atoms with van der Waals surface area (Å²) in [7, 11) is 0. The highest BCUT2D eigenvalue weighted by molar-refractivity contribution is 5.61. The lowest BCUT2D eigenvalue weighted by molar-refractivity contribution is 0.904. The van der Waals surface area contributed by atoms with E-state index in [0.717, 1.165) is 28.3 Å². The summed E-state index contributed by atoms with van der Waals surface area (Å²) in [4.78, 5) is 8.78. The molecule has 0 spiro atoms. The predicted molar refractivity (Wildman–Crippen MR) is 79.6 cm³/mol. The van der Waals surface area contributed by atoms with Crippen LogP contribution in [0.5, 0.6) is 0 Å². The number of fused-ring (bicyclic) bond motifs is 1. The minimum Gasteiger partial charge on any atom is -0.304 e. The fourth-order valence-corrected chi connectivity index (χ4v) is 1.83. The Morgan fingerprint density at radius 3 is 2.45 bits per heavy atom. The van der Waals surface area contributed by atoms with Crippen molar-refractivity contribution in [2.45, 2.75) is 34.6 Å². The molecular weight excluding hydrogens is 250 g/mol. The fraction of sp³-hybridized carbons (Fsp3) is 0.333. The lowest BCUT2D eigenvalue weighted by Crippen LogP contribution is -1.99. The zero-order chi connectivity index (χ0) is 14.7. The Hall–Kier alpha value is -2.30. The summed E-state index contributed by atoms with van der Waals surface area (Å²) in [6.07, 6.45) is 3.82. The maximum absolute atomic E-state index is 4.45. The van der Waals surface area contributed by atoms with Crippen molar-refractivity contribution in [3.63, 3.8) is 0 Å². The highest BCUT2D eigenvalue weighted by atomic mass is 15.2. The number of aryl methyl sites for hydroxylation is 3. The summed E-state index contributed by atoms with van der Waals surface area (Å²) >= 11 is 0. The Morgan fingerprint density at radius 1 is 1.00 bits per heavy atom. The van der Waals surface area contributed by atoms with E-state index in [1.807, 2.05) is 63.5 Å². The first-order valence-electron chi connectivity index (χ1n) is 6.77. The lowest BCUT2D eigenvalue weighted by Gasteiger charge is -2.03. The molecule has 0 aliphatic heterocycles. The van der Waals surface area contributed by atoms with Crippen LogP contribution in [0.15, 0.2) is 24.5 Å². The third kappa shape index (κ3) is 2.52. The van der Waals surface area contributed by atoms with Crippen LogP contribution in [-0.2, 0) is 0 Å². The number of imidazole rings is 1. The van der Waals surface area contributed by atoms with Gasteiger partial charge < -0.3 is 4.40 Å². The van der Waals surface area contributed by atoms with Gasteiger partial charge in [-0.15, -0.1) is 5.10 Å². The van der Waals surface area contributed by atoms with Crippen molar-refractivity contribution in [2.75, 3.05) is 0 Å². The molecule has 0 aliphatic rings. The second kappa shape index (κ2) is 5.77. The molecule has 20 heavy (non-hydrogen) atoms. The van der Waals surface area contributed by atoms with E-state index >= 15 is 0 Å². The largest absolute Gasteiger partial charge is 0.304 e. The Kier molecular flexibility index (Phi) is 4.08. The third-order valence-electron chi connectivity index (χ3n) is 3.05. The highest BCUT2D eigenvalue weighted by Gasteiger charge is 2.07. The summed E-state index contributed by atoms with van der Waals surface area (Å²) in [5.74, 6) is 0.640. The molecule has 0 bridgehead atoms. The zero-order valence-corrected chi connectivity index (χ0v) is 12.5. The van der Waals surface area contributed by atoms with Crippen LogP contribution in [0.3, 0.4) is 0 Å². The molecule has 5 nitrogen and oxygen atoms in total. The molecule has 0 saturated carbocycles. The van der Waals surface area contributed by atoms with E-state index in [9.17, 15) is 0 Å². The van der Waals surface area contributed by atoms with Crippen LogP contribution in [0.1, 0.15) is 30.9 Å². The second-order valence-corrected chi connectivity index (χ2v) is 4.35. The minimum absolute atomic E-state index is 0.640. The van der Waals surface area contributed by atoms with Crippen molar-refractivity contribution in [1.29, 1.82) is 0 Å². The van der Waals surface area contributed by atoms with E-state index < -0.39 is 0 Å². The van der Waals surface area contributed by atoms with E-state index in [-0.39, 0.29) is 0 Å². The SMILES string of the molecule is CC.Cc1nnc(-c2ccn3c(C)cnc3c2)nc1C. The van der Waals surface area contributed by atoms with Crippen LogP contribution in [-0.4, -0.2) is 24.6 Å². The first-order chi connectivity index (χ1) is 9.65. The van der Waals surface area contributed by atoms with Gasteiger partial charge in [-0.2, -0.15) is 5.10 Å². The van der Waals surface area contributed by atoms with Crippen LogP contribution in [0.25, 0.3) is 17.0 Å². The average Bonchev–Trinajstić information content (AvgIpc) is 2.85. The molecule has 0 amide bonds. The Bertz CT molecular complexity index is 730. The van der Waals surface area contributed by atoms with Crippen molar-refractivity contribution < 1.29 is 0 Å². The molecule has 0 saturated heterocycles. The normalized spacial score (nSPS) is 10.2. The van der Waals surface area contributed by atoms with E-state index in [1.54, 1.807) is 0 Å². The van der Waals surface area contributed by atoms with Gasteiger partial charge in [-0.1, -0.05) is 13.8 Å². The first-order valence-corrected chi connectivity index (χ1v) is 6.77. The maximum Gasteiger partial charge on any atom is 0.182 e. The summed E-state index contributed by atoms with van der Waals surface area (Å²) in [5.41, 5.74) is 4.70. The average molecular weight is 269 g/mol. The number of aromatic nitrogens is 5.